The molecule has 0 unspecified atom stereocenters. The Balaban J connectivity index is 2.07. The summed E-state index contributed by atoms with van der Waals surface area (Å²) in [4.78, 5) is 34.0. The van der Waals surface area contributed by atoms with E-state index in [9.17, 15) is 19.7 Å². The van der Waals surface area contributed by atoms with E-state index in [4.69, 9.17) is 5.73 Å². The van der Waals surface area contributed by atoms with Gasteiger partial charge in [-0.3, -0.25) is 19.7 Å². The molecule has 0 saturated heterocycles. The summed E-state index contributed by atoms with van der Waals surface area (Å²) in [6.45, 7) is 1.60. The number of para-hydroxylation sites is 1. The van der Waals surface area contributed by atoms with Gasteiger partial charge in [0.15, 0.2) is 0 Å². The predicted molar refractivity (Wildman–Crippen MR) is 80.2 cm³/mol. The zero-order valence-corrected chi connectivity index (χ0v) is 12.4. The van der Waals surface area contributed by atoms with E-state index in [1.807, 2.05) is 0 Å². The van der Waals surface area contributed by atoms with Crippen LogP contribution in [0.3, 0.4) is 0 Å². The molecule has 0 aliphatic heterocycles. The number of hydrogen-bond acceptors (Lipinski definition) is 4. The zero-order valence-electron chi connectivity index (χ0n) is 12.4. The average molecular weight is 305 g/mol. The summed E-state index contributed by atoms with van der Waals surface area (Å²) in [5.74, 6) is -0.890. The smallest absolute Gasteiger partial charge is 0.285 e. The number of rotatable bonds is 4. The summed E-state index contributed by atoms with van der Waals surface area (Å²) < 4.78 is 0. The molecule has 7 nitrogen and oxygen atoms in total. The lowest BCUT2D eigenvalue weighted by Crippen LogP contribution is -2.40. The number of carbonyl (C=O) groups excluding carboxylic acids is 2. The van der Waals surface area contributed by atoms with Crippen molar-refractivity contribution in [2.75, 3.05) is 0 Å². The Morgan fingerprint density at radius 1 is 1.27 bits per heavy atom. The standard InChI is InChI=1S/C15H19N3O4/c1-9-3-2-4-12(13(9)18(21)22)15(20)17-11-7-5-10(6-8-11)14(16)19/h2-4,10-11H,5-8H2,1H3,(H2,16,19)(H,17,20). The van der Waals surface area contributed by atoms with Crippen molar-refractivity contribution in [1.82, 2.24) is 5.32 Å². The molecule has 0 atom stereocenters. The molecular weight excluding hydrogens is 286 g/mol. The van der Waals surface area contributed by atoms with Crippen LogP contribution in [0, 0.1) is 23.0 Å². The highest BCUT2D eigenvalue weighted by atomic mass is 16.6. The zero-order chi connectivity index (χ0) is 16.3. The number of benzene rings is 1. The number of nitro benzene ring substituents is 1. The van der Waals surface area contributed by atoms with Gasteiger partial charge in [0.25, 0.3) is 11.6 Å². The van der Waals surface area contributed by atoms with E-state index >= 15 is 0 Å². The van der Waals surface area contributed by atoms with Gasteiger partial charge in [-0.25, -0.2) is 0 Å². The van der Waals surface area contributed by atoms with Crippen LogP contribution >= 0.6 is 0 Å². The van der Waals surface area contributed by atoms with Crippen molar-refractivity contribution in [1.29, 1.82) is 0 Å². The van der Waals surface area contributed by atoms with Gasteiger partial charge in [-0.1, -0.05) is 12.1 Å². The largest absolute Gasteiger partial charge is 0.369 e. The van der Waals surface area contributed by atoms with Crippen molar-refractivity contribution in [3.05, 3.63) is 39.4 Å². The molecule has 1 saturated carbocycles. The van der Waals surface area contributed by atoms with Gasteiger partial charge in [0.05, 0.1) is 4.92 Å². The number of nitrogens with zero attached hydrogens (tertiary/aromatic N) is 1. The predicted octanol–water partition coefficient (Wildman–Crippen LogP) is 1.68. The van der Waals surface area contributed by atoms with Crippen LogP contribution in [0.1, 0.15) is 41.6 Å². The van der Waals surface area contributed by atoms with Crippen LogP contribution in [0.5, 0.6) is 0 Å². The van der Waals surface area contributed by atoms with Crippen LogP contribution in [0.15, 0.2) is 18.2 Å². The van der Waals surface area contributed by atoms with E-state index in [2.05, 4.69) is 5.32 Å². The maximum Gasteiger partial charge on any atom is 0.285 e. The normalized spacial score (nSPS) is 21.1. The Hall–Kier alpha value is -2.44. The third-order valence-corrected chi connectivity index (χ3v) is 4.13. The number of nitrogens with two attached hydrogens (primary N) is 1. The summed E-state index contributed by atoms with van der Waals surface area (Å²) in [5, 5.41) is 14.0. The molecule has 1 aromatic carbocycles. The fourth-order valence-corrected chi connectivity index (χ4v) is 2.87. The lowest BCUT2D eigenvalue weighted by Gasteiger charge is -2.27. The molecule has 1 aromatic rings. The molecule has 1 fully saturated rings. The van der Waals surface area contributed by atoms with Crippen molar-refractivity contribution in [3.8, 4) is 0 Å². The van der Waals surface area contributed by atoms with Gasteiger partial charge < -0.3 is 11.1 Å². The molecule has 1 aliphatic rings. The molecule has 0 heterocycles. The van der Waals surface area contributed by atoms with Crippen LogP contribution in [-0.2, 0) is 4.79 Å². The molecule has 1 aliphatic carbocycles. The molecule has 2 amide bonds. The molecule has 22 heavy (non-hydrogen) atoms. The number of aryl methyl sites for hydroxylation is 1. The lowest BCUT2D eigenvalue weighted by molar-refractivity contribution is -0.385. The van der Waals surface area contributed by atoms with Crippen molar-refractivity contribution < 1.29 is 14.5 Å². The van der Waals surface area contributed by atoms with Gasteiger partial charge in [0.1, 0.15) is 5.56 Å². The van der Waals surface area contributed by atoms with Gasteiger partial charge in [-0.2, -0.15) is 0 Å². The second-order valence-corrected chi connectivity index (χ2v) is 5.65. The van der Waals surface area contributed by atoms with Gasteiger partial charge in [-0.15, -0.1) is 0 Å². The molecular formula is C15H19N3O4. The lowest BCUT2D eigenvalue weighted by atomic mass is 9.85. The summed E-state index contributed by atoms with van der Waals surface area (Å²) in [6, 6.07) is 4.60. The third kappa shape index (κ3) is 3.41. The number of primary amides is 1. The molecule has 0 radical (unpaired) electrons. The van der Waals surface area contributed by atoms with E-state index in [1.165, 1.54) is 6.07 Å². The SMILES string of the molecule is Cc1cccc(C(=O)NC2CCC(C(N)=O)CC2)c1[N+](=O)[O-]. The number of nitrogens with one attached hydrogen (secondary N) is 1. The van der Waals surface area contributed by atoms with Gasteiger partial charge in [0, 0.05) is 17.5 Å². The van der Waals surface area contributed by atoms with Crippen LogP contribution in [0.4, 0.5) is 5.69 Å². The molecule has 3 N–H and O–H groups in total. The van der Waals surface area contributed by atoms with Crippen molar-refractivity contribution in [2.45, 2.75) is 38.6 Å². The number of amides is 2. The maximum atomic E-state index is 12.3. The minimum absolute atomic E-state index is 0.0713. The minimum Gasteiger partial charge on any atom is -0.369 e. The first-order valence-corrected chi connectivity index (χ1v) is 7.24. The summed E-state index contributed by atoms with van der Waals surface area (Å²) >= 11 is 0. The third-order valence-electron chi connectivity index (χ3n) is 4.13. The van der Waals surface area contributed by atoms with E-state index in [1.54, 1.807) is 19.1 Å². The van der Waals surface area contributed by atoms with E-state index < -0.39 is 10.8 Å². The summed E-state index contributed by atoms with van der Waals surface area (Å²) in [7, 11) is 0. The van der Waals surface area contributed by atoms with Gasteiger partial charge >= 0.3 is 0 Å². The number of carbonyl (C=O) groups is 2. The fraction of sp³-hybridized carbons (Fsp3) is 0.467. The van der Waals surface area contributed by atoms with Crippen molar-refractivity contribution >= 4 is 17.5 Å². The molecule has 0 spiro atoms. The van der Waals surface area contributed by atoms with E-state index in [0.29, 0.717) is 31.2 Å². The van der Waals surface area contributed by atoms with Crippen LogP contribution in [0.2, 0.25) is 0 Å². The topological polar surface area (TPSA) is 115 Å². The number of nitro groups is 1. The summed E-state index contributed by atoms with van der Waals surface area (Å²) in [5.41, 5.74) is 5.64. The first kappa shape index (κ1) is 15.9. The first-order valence-electron chi connectivity index (χ1n) is 7.24. The minimum atomic E-state index is -0.533. The van der Waals surface area contributed by atoms with E-state index in [0.717, 1.165) is 0 Å². The fourth-order valence-electron chi connectivity index (χ4n) is 2.87. The van der Waals surface area contributed by atoms with Crippen LogP contribution < -0.4 is 11.1 Å². The van der Waals surface area contributed by atoms with E-state index in [-0.39, 0.29) is 29.1 Å². The summed E-state index contributed by atoms with van der Waals surface area (Å²) in [6.07, 6.45) is 2.57. The Kier molecular flexibility index (Phi) is 4.75. The second-order valence-electron chi connectivity index (χ2n) is 5.65. The Morgan fingerprint density at radius 3 is 2.45 bits per heavy atom. The number of hydrogen-bond donors (Lipinski definition) is 2. The highest BCUT2D eigenvalue weighted by Gasteiger charge is 2.28. The van der Waals surface area contributed by atoms with Crippen molar-refractivity contribution in [3.63, 3.8) is 0 Å². The van der Waals surface area contributed by atoms with Gasteiger partial charge in [-0.05, 0) is 38.7 Å². The Bertz CT molecular complexity index is 607. The average Bonchev–Trinajstić information content (AvgIpc) is 2.47. The second kappa shape index (κ2) is 6.55. The van der Waals surface area contributed by atoms with Crippen LogP contribution in [-0.4, -0.2) is 22.8 Å². The maximum absolute atomic E-state index is 12.3. The molecule has 118 valence electrons. The molecule has 0 bridgehead atoms. The highest BCUT2D eigenvalue weighted by Crippen LogP contribution is 2.26. The van der Waals surface area contributed by atoms with Gasteiger partial charge in [0.2, 0.25) is 5.91 Å². The van der Waals surface area contributed by atoms with Crippen LogP contribution in [0.25, 0.3) is 0 Å². The highest BCUT2D eigenvalue weighted by molar-refractivity contribution is 5.98. The monoisotopic (exact) mass is 305 g/mol. The molecule has 2 rings (SSSR count). The van der Waals surface area contributed by atoms with Crippen molar-refractivity contribution in [2.24, 2.45) is 11.7 Å². The molecule has 0 aromatic heterocycles. The first-order chi connectivity index (χ1) is 10.4. The Labute approximate surface area is 128 Å². The quantitative estimate of drug-likeness (QED) is 0.650. The Morgan fingerprint density at radius 2 is 1.91 bits per heavy atom. The molecule has 7 heteroatoms.